The van der Waals surface area contributed by atoms with Gasteiger partial charge in [0.25, 0.3) is 5.91 Å². The molecule has 0 unspecified atom stereocenters. The third-order valence-electron chi connectivity index (χ3n) is 3.48. The first-order valence-electron chi connectivity index (χ1n) is 7.67. The lowest BCUT2D eigenvalue weighted by atomic mass is 10.2. The molecule has 0 aliphatic rings. The van der Waals surface area contributed by atoms with E-state index in [0.717, 1.165) is 10.6 Å². The van der Waals surface area contributed by atoms with Gasteiger partial charge in [-0.3, -0.25) is 14.1 Å². The van der Waals surface area contributed by atoms with Gasteiger partial charge in [-0.25, -0.2) is 13.2 Å². The van der Waals surface area contributed by atoms with Crippen molar-refractivity contribution in [3.8, 4) is 0 Å². The van der Waals surface area contributed by atoms with Crippen LogP contribution in [0.15, 0.2) is 48.8 Å². The summed E-state index contributed by atoms with van der Waals surface area (Å²) in [5, 5.41) is 2.64. The van der Waals surface area contributed by atoms with Gasteiger partial charge in [0, 0.05) is 18.9 Å². The van der Waals surface area contributed by atoms with Gasteiger partial charge in [0.2, 0.25) is 10.0 Å². The van der Waals surface area contributed by atoms with Crippen LogP contribution < -0.4 is 9.62 Å². The maximum absolute atomic E-state index is 12.1. The molecule has 26 heavy (non-hydrogen) atoms. The summed E-state index contributed by atoms with van der Waals surface area (Å²) >= 11 is 0. The number of carbonyl (C=O) groups excluding carboxylic acids is 2. The van der Waals surface area contributed by atoms with Gasteiger partial charge in [0.05, 0.1) is 36.7 Å². The van der Waals surface area contributed by atoms with Crippen LogP contribution in [0.4, 0.5) is 5.69 Å². The smallest absolute Gasteiger partial charge is 0.337 e. The minimum atomic E-state index is -3.61. The largest absolute Gasteiger partial charge is 0.465 e. The molecule has 1 aromatic heterocycles. The highest BCUT2D eigenvalue weighted by atomic mass is 32.2. The van der Waals surface area contributed by atoms with Crippen molar-refractivity contribution in [2.75, 3.05) is 30.8 Å². The fraction of sp³-hybridized carbons (Fsp3) is 0.235. The number of rotatable bonds is 7. The summed E-state index contributed by atoms with van der Waals surface area (Å²) < 4.78 is 30.0. The Kier molecular flexibility index (Phi) is 6.29. The second-order valence-corrected chi connectivity index (χ2v) is 7.28. The molecule has 0 aliphatic carbocycles. The molecule has 1 heterocycles. The quantitative estimate of drug-likeness (QED) is 0.724. The molecule has 8 nitrogen and oxygen atoms in total. The number of sulfonamides is 1. The zero-order chi connectivity index (χ0) is 19.2. The highest BCUT2D eigenvalue weighted by Gasteiger charge is 2.19. The van der Waals surface area contributed by atoms with E-state index in [4.69, 9.17) is 0 Å². The van der Waals surface area contributed by atoms with Crippen molar-refractivity contribution in [1.82, 2.24) is 10.3 Å². The first-order chi connectivity index (χ1) is 12.3. The van der Waals surface area contributed by atoms with Gasteiger partial charge in [-0.2, -0.15) is 0 Å². The number of esters is 1. The number of aromatic nitrogens is 1. The topological polar surface area (TPSA) is 106 Å². The lowest BCUT2D eigenvalue weighted by molar-refractivity contribution is 0.0600. The molecule has 0 atom stereocenters. The zero-order valence-corrected chi connectivity index (χ0v) is 15.2. The van der Waals surface area contributed by atoms with Gasteiger partial charge < -0.3 is 10.1 Å². The predicted octanol–water partition coefficient (Wildman–Crippen LogP) is 1.06. The Hall–Kier alpha value is -2.94. The Morgan fingerprint density at radius 3 is 2.54 bits per heavy atom. The number of nitrogens with zero attached hydrogens (tertiary/aromatic N) is 2. The third-order valence-corrected chi connectivity index (χ3v) is 4.67. The summed E-state index contributed by atoms with van der Waals surface area (Å²) in [7, 11) is -2.36. The number of carbonyl (C=O) groups is 2. The summed E-state index contributed by atoms with van der Waals surface area (Å²) in [6.45, 7) is 0.0959. The molecule has 0 aliphatic heterocycles. The Bertz CT molecular complexity index is 884. The van der Waals surface area contributed by atoms with Gasteiger partial charge in [-0.1, -0.05) is 6.07 Å². The number of anilines is 1. The Morgan fingerprint density at radius 1 is 1.19 bits per heavy atom. The van der Waals surface area contributed by atoms with Crippen LogP contribution in [-0.4, -0.2) is 51.7 Å². The van der Waals surface area contributed by atoms with Crippen molar-refractivity contribution in [1.29, 1.82) is 0 Å². The SMILES string of the molecule is COC(=O)c1cccc(N(CCNC(=O)c2cccnc2)S(C)(=O)=O)c1. The van der Waals surface area contributed by atoms with E-state index in [1.165, 1.54) is 25.4 Å². The van der Waals surface area contributed by atoms with E-state index in [0.29, 0.717) is 11.3 Å². The van der Waals surface area contributed by atoms with E-state index in [-0.39, 0.29) is 24.6 Å². The molecule has 0 saturated heterocycles. The first kappa shape index (κ1) is 19.4. The van der Waals surface area contributed by atoms with Crippen LogP contribution in [-0.2, 0) is 14.8 Å². The number of amides is 1. The van der Waals surface area contributed by atoms with Gasteiger partial charge >= 0.3 is 5.97 Å². The summed E-state index contributed by atoms with van der Waals surface area (Å²) in [6, 6.07) is 9.33. The standard InChI is InChI=1S/C17H19N3O5S/c1-25-17(22)13-5-3-7-15(11-13)20(26(2,23)24)10-9-19-16(21)14-6-4-8-18-12-14/h3-8,11-12H,9-10H2,1-2H3,(H,19,21). The highest BCUT2D eigenvalue weighted by molar-refractivity contribution is 7.92. The van der Waals surface area contributed by atoms with Crippen molar-refractivity contribution < 1.29 is 22.7 Å². The minimum absolute atomic E-state index is 0.00939. The van der Waals surface area contributed by atoms with Crippen molar-refractivity contribution in [2.24, 2.45) is 0 Å². The predicted molar refractivity (Wildman–Crippen MR) is 96.5 cm³/mol. The fourth-order valence-electron chi connectivity index (χ4n) is 2.26. The summed E-state index contributed by atoms with van der Waals surface area (Å²) in [5.41, 5.74) is 0.926. The minimum Gasteiger partial charge on any atom is -0.465 e. The van der Waals surface area contributed by atoms with E-state index in [1.807, 2.05) is 0 Å². The Balaban J connectivity index is 2.12. The number of methoxy groups -OCH3 is 1. The highest BCUT2D eigenvalue weighted by Crippen LogP contribution is 2.19. The average Bonchev–Trinajstić information content (AvgIpc) is 2.64. The van der Waals surface area contributed by atoms with Crippen LogP contribution >= 0.6 is 0 Å². The fourth-order valence-corrected chi connectivity index (χ4v) is 3.18. The van der Waals surface area contributed by atoms with Gasteiger partial charge in [0.15, 0.2) is 0 Å². The molecule has 1 aromatic carbocycles. The van der Waals surface area contributed by atoms with E-state index >= 15 is 0 Å². The lowest BCUT2D eigenvalue weighted by Crippen LogP contribution is -2.38. The first-order valence-corrected chi connectivity index (χ1v) is 9.52. The summed E-state index contributed by atoms with van der Waals surface area (Å²) in [6.07, 6.45) is 4.03. The van der Waals surface area contributed by atoms with Crippen LogP contribution in [0.2, 0.25) is 0 Å². The number of hydrogen-bond acceptors (Lipinski definition) is 6. The van der Waals surface area contributed by atoms with Crippen LogP contribution in [0.1, 0.15) is 20.7 Å². The molecule has 0 spiro atoms. The molecule has 1 N–H and O–H groups in total. The molecular weight excluding hydrogens is 358 g/mol. The molecule has 2 rings (SSSR count). The molecular formula is C17H19N3O5S. The van der Waals surface area contributed by atoms with Crippen LogP contribution in [0, 0.1) is 0 Å². The van der Waals surface area contributed by atoms with Crippen molar-refractivity contribution >= 4 is 27.6 Å². The van der Waals surface area contributed by atoms with E-state index < -0.39 is 16.0 Å². The molecule has 0 bridgehead atoms. The number of ether oxygens (including phenoxy) is 1. The Morgan fingerprint density at radius 2 is 1.92 bits per heavy atom. The summed E-state index contributed by atoms with van der Waals surface area (Å²) in [5.74, 6) is -0.917. The molecule has 0 radical (unpaired) electrons. The van der Waals surface area contributed by atoms with E-state index in [9.17, 15) is 18.0 Å². The molecule has 1 amide bonds. The normalized spacial score (nSPS) is 10.8. The molecule has 9 heteroatoms. The maximum atomic E-state index is 12.1. The average molecular weight is 377 g/mol. The van der Waals surface area contributed by atoms with Crippen LogP contribution in [0.3, 0.4) is 0 Å². The third kappa shape index (κ3) is 5.03. The van der Waals surface area contributed by atoms with Gasteiger partial charge in [0.1, 0.15) is 0 Å². The second kappa shape index (κ2) is 8.43. The Labute approximate surface area is 151 Å². The van der Waals surface area contributed by atoms with Crippen molar-refractivity contribution in [3.05, 3.63) is 59.9 Å². The maximum Gasteiger partial charge on any atom is 0.337 e. The number of hydrogen-bond donors (Lipinski definition) is 1. The second-order valence-electron chi connectivity index (χ2n) is 5.37. The number of benzene rings is 1. The van der Waals surface area contributed by atoms with E-state index in [2.05, 4.69) is 15.0 Å². The van der Waals surface area contributed by atoms with Gasteiger partial charge in [-0.05, 0) is 30.3 Å². The van der Waals surface area contributed by atoms with Crippen LogP contribution in [0.5, 0.6) is 0 Å². The number of nitrogens with one attached hydrogen (secondary N) is 1. The monoisotopic (exact) mass is 377 g/mol. The van der Waals surface area contributed by atoms with Crippen LogP contribution in [0.25, 0.3) is 0 Å². The molecule has 0 saturated carbocycles. The molecule has 138 valence electrons. The van der Waals surface area contributed by atoms with E-state index in [1.54, 1.807) is 30.5 Å². The molecule has 0 fully saturated rings. The molecule has 2 aromatic rings. The summed E-state index contributed by atoms with van der Waals surface area (Å²) in [4.78, 5) is 27.5. The van der Waals surface area contributed by atoms with Crippen molar-refractivity contribution in [2.45, 2.75) is 0 Å². The van der Waals surface area contributed by atoms with Gasteiger partial charge in [-0.15, -0.1) is 0 Å². The zero-order valence-electron chi connectivity index (χ0n) is 14.4. The lowest BCUT2D eigenvalue weighted by Gasteiger charge is -2.23. The number of pyridine rings is 1. The van der Waals surface area contributed by atoms with Crippen molar-refractivity contribution in [3.63, 3.8) is 0 Å².